The molecule has 0 amide bonds. The summed E-state index contributed by atoms with van der Waals surface area (Å²) in [6.07, 6.45) is 0. The molecule has 15 heavy (non-hydrogen) atoms. The van der Waals surface area contributed by atoms with E-state index >= 15 is 0 Å². The van der Waals surface area contributed by atoms with E-state index in [9.17, 15) is 5.11 Å². The average molecular weight is 210 g/mol. The van der Waals surface area contributed by atoms with Crippen LogP contribution in [0.3, 0.4) is 0 Å². The van der Waals surface area contributed by atoms with Crippen molar-refractivity contribution < 1.29 is 9.84 Å². The highest BCUT2D eigenvalue weighted by Crippen LogP contribution is 2.20. The van der Waals surface area contributed by atoms with E-state index in [0.29, 0.717) is 6.54 Å². The number of aliphatic hydroxyl groups is 1. The lowest BCUT2D eigenvalue weighted by Crippen LogP contribution is -2.32. The van der Waals surface area contributed by atoms with Gasteiger partial charge in [-0.05, 0) is 17.7 Å². The molecule has 4 heteroatoms. The Bertz CT molecular complexity index is 302. The van der Waals surface area contributed by atoms with Crippen molar-refractivity contribution in [1.29, 1.82) is 0 Å². The molecule has 1 atom stereocenters. The number of nitrogens with two attached hydrogens (primary N) is 1. The summed E-state index contributed by atoms with van der Waals surface area (Å²) in [6.45, 7) is 0.693. The van der Waals surface area contributed by atoms with Crippen molar-refractivity contribution in [1.82, 2.24) is 5.01 Å². The van der Waals surface area contributed by atoms with E-state index in [4.69, 9.17) is 10.6 Å². The van der Waals surface area contributed by atoms with Gasteiger partial charge in [-0.2, -0.15) is 0 Å². The number of nitrogens with zero attached hydrogens (tertiary/aromatic N) is 1. The average Bonchev–Trinajstić information content (AvgIpc) is 2.25. The van der Waals surface area contributed by atoms with E-state index in [0.717, 1.165) is 11.3 Å². The Kier molecular flexibility index (Phi) is 4.55. The lowest BCUT2D eigenvalue weighted by molar-refractivity contribution is 0.222. The highest BCUT2D eigenvalue weighted by molar-refractivity contribution is 5.31. The Morgan fingerprint density at radius 3 is 2.80 bits per heavy atom. The van der Waals surface area contributed by atoms with Gasteiger partial charge in [0.1, 0.15) is 5.75 Å². The summed E-state index contributed by atoms with van der Waals surface area (Å²) in [5.74, 6) is 6.39. The number of hydrogen-bond acceptors (Lipinski definition) is 4. The zero-order chi connectivity index (χ0) is 11.3. The summed E-state index contributed by atoms with van der Waals surface area (Å²) >= 11 is 0. The molecule has 1 unspecified atom stereocenters. The molecule has 3 N–H and O–H groups in total. The van der Waals surface area contributed by atoms with Gasteiger partial charge >= 0.3 is 0 Å². The van der Waals surface area contributed by atoms with E-state index in [1.165, 1.54) is 0 Å². The van der Waals surface area contributed by atoms with Crippen molar-refractivity contribution in [3.63, 3.8) is 0 Å². The lowest BCUT2D eigenvalue weighted by atomic mass is 10.00. The summed E-state index contributed by atoms with van der Waals surface area (Å²) < 4.78 is 5.13. The van der Waals surface area contributed by atoms with E-state index in [-0.39, 0.29) is 12.5 Å². The van der Waals surface area contributed by atoms with Crippen LogP contribution in [0.5, 0.6) is 5.75 Å². The van der Waals surface area contributed by atoms with Crippen LogP contribution in [0.2, 0.25) is 0 Å². The third kappa shape index (κ3) is 3.51. The molecule has 0 saturated carbocycles. The Labute approximate surface area is 90.2 Å². The maximum Gasteiger partial charge on any atom is 0.119 e. The van der Waals surface area contributed by atoms with E-state index in [1.54, 1.807) is 19.2 Å². The van der Waals surface area contributed by atoms with Gasteiger partial charge < -0.3 is 9.84 Å². The zero-order valence-corrected chi connectivity index (χ0v) is 9.18. The standard InChI is InChI=1S/C11H18N2O2/c1-13(12)7-10(8-14)9-4-3-5-11(6-9)15-2/h3-6,10,14H,7-8,12H2,1-2H3. The quantitative estimate of drug-likeness (QED) is 0.551. The smallest absolute Gasteiger partial charge is 0.119 e. The molecule has 0 aromatic heterocycles. The van der Waals surface area contributed by atoms with Crippen molar-refractivity contribution in [3.8, 4) is 5.75 Å². The second-order valence-electron chi connectivity index (χ2n) is 3.60. The van der Waals surface area contributed by atoms with Crippen molar-refractivity contribution in [3.05, 3.63) is 29.8 Å². The van der Waals surface area contributed by atoms with Gasteiger partial charge in [0.2, 0.25) is 0 Å². The summed E-state index contributed by atoms with van der Waals surface area (Å²) in [7, 11) is 3.41. The van der Waals surface area contributed by atoms with Gasteiger partial charge in [0.05, 0.1) is 13.7 Å². The Hall–Kier alpha value is -1.10. The monoisotopic (exact) mass is 210 g/mol. The molecule has 0 spiro atoms. The van der Waals surface area contributed by atoms with Crippen LogP contribution < -0.4 is 10.6 Å². The van der Waals surface area contributed by atoms with Crippen LogP contribution in [0.4, 0.5) is 0 Å². The van der Waals surface area contributed by atoms with Gasteiger partial charge in [-0.25, -0.2) is 5.01 Å². The number of benzene rings is 1. The van der Waals surface area contributed by atoms with Crippen LogP contribution in [-0.4, -0.2) is 37.4 Å². The summed E-state index contributed by atoms with van der Waals surface area (Å²) in [6, 6.07) is 7.68. The summed E-state index contributed by atoms with van der Waals surface area (Å²) in [5, 5.41) is 10.8. The predicted molar refractivity (Wildman–Crippen MR) is 59.6 cm³/mol. The fourth-order valence-electron chi connectivity index (χ4n) is 1.51. The van der Waals surface area contributed by atoms with Crippen molar-refractivity contribution in [2.24, 2.45) is 5.84 Å². The Morgan fingerprint density at radius 1 is 1.53 bits per heavy atom. The molecule has 0 saturated heterocycles. The largest absolute Gasteiger partial charge is 0.497 e. The maximum absolute atomic E-state index is 9.27. The van der Waals surface area contributed by atoms with Crippen molar-refractivity contribution in [2.75, 3.05) is 27.3 Å². The summed E-state index contributed by atoms with van der Waals surface area (Å²) in [5.41, 5.74) is 1.04. The van der Waals surface area contributed by atoms with Gasteiger partial charge in [0.25, 0.3) is 0 Å². The van der Waals surface area contributed by atoms with Crippen LogP contribution in [0.1, 0.15) is 11.5 Å². The van der Waals surface area contributed by atoms with Gasteiger partial charge in [0, 0.05) is 19.5 Å². The van der Waals surface area contributed by atoms with E-state index < -0.39 is 0 Å². The molecule has 1 aromatic rings. The maximum atomic E-state index is 9.27. The first kappa shape index (κ1) is 12.0. The number of aliphatic hydroxyl groups excluding tert-OH is 1. The first-order chi connectivity index (χ1) is 7.17. The van der Waals surface area contributed by atoms with E-state index in [1.807, 2.05) is 24.3 Å². The number of likely N-dealkylation sites (N-methyl/N-ethyl adjacent to an activating group) is 1. The zero-order valence-electron chi connectivity index (χ0n) is 9.18. The van der Waals surface area contributed by atoms with Crippen LogP contribution in [-0.2, 0) is 0 Å². The van der Waals surface area contributed by atoms with Gasteiger partial charge in [-0.3, -0.25) is 5.84 Å². The molecule has 0 fully saturated rings. The molecule has 84 valence electrons. The van der Waals surface area contributed by atoms with Gasteiger partial charge in [0.15, 0.2) is 0 Å². The molecule has 0 aliphatic heterocycles. The number of hydrazine groups is 1. The van der Waals surface area contributed by atoms with Gasteiger partial charge in [-0.15, -0.1) is 0 Å². The molecule has 0 bridgehead atoms. The highest BCUT2D eigenvalue weighted by atomic mass is 16.5. The third-order valence-corrected chi connectivity index (χ3v) is 2.29. The Balaban J connectivity index is 2.81. The molecular weight excluding hydrogens is 192 g/mol. The molecule has 0 radical (unpaired) electrons. The first-order valence-electron chi connectivity index (χ1n) is 4.88. The minimum absolute atomic E-state index is 0.0232. The van der Waals surface area contributed by atoms with Crippen LogP contribution in [0.25, 0.3) is 0 Å². The van der Waals surface area contributed by atoms with Gasteiger partial charge in [-0.1, -0.05) is 12.1 Å². The fourth-order valence-corrected chi connectivity index (χ4v) is 1.51. The van der Waals surface area contributed by atoms with E-state index in [2.05, 4.69) is 0 Å². The van der Waals surface area contributed by atoms with Crippen LogP contribution in [0.15, 0.2) is 24.3 Å². The predicted octanol–water partition coefficient (Wildman–Crippen LogP) is 0.577. The second kappa shape index (κ2) is 5.70. The molecule has 0 heterocycles. The molecule has 0 aliphatic rings. The molecule has 4 nitrogen and oxygen atoms in total. The normalized spacial score (nSPS) is 12.9. The molecule has 0 aliphatic carbocycles. The minimum atomic E-state index is 0.0232. The highest BCUT2D eigenvalue weighted by Gasteiger charge is 2.12. The number of methoxy groups -OCH3 is 1. The number of hydrogen-bond donors (Lipinski definition) is 2. The fraction of sp³-hybridized carbons (Fsp3) is 0.455. The molecular formula is C11H18N2O2. The van der Waals surface area contributed by atoms with Crippen molar-refractivity contribution >= 4 is 0 Å². The topological polar surface area (TPSA) is 58.7 Å². The van der Waals surface area contributed by atoms with Crippen molar-refractivity contribution in [2.45, 2.75) is 5.92 Å². The second-order valence-corrected chi connectivity index (χ2v) is 3.60. The molecule has 1 aromatic carbocycles. The summed E-state index contributed by atoms with van der Waals surface area (Å²) in [4.78, 5) is 0. The number of ether oxygens (including phenoxy) is 1. The third-order valence-electron chi connectivity index (χ3n) is 2.29. The molecule has 1 rings (SSSR count). The number of rotatable bonds is 5. The first-order valence-corrected chi connectivity index (χ1v) is 4.88. The van der Waals surface area contributed by atoms with Crippen LogP contribution >= 0.6 is 0 Å². The lowest BCUT2D eigenvalue weighted by Gasteiger charge is -2.19. The minimum Gasteiger partial charge on any atom is -0.497 e. The Morgan fingerprint density at radius 2 is 2.27 bits per heavy atom. The SMILES string of the molecule is COc1cccc(C(CO)CN(C)N)c1. The van der Waals surface area contributed by atoms with Crippen LogP contribution in [0, 0.1) is 0 Å².